The van der Waals surface area contributed by atoms with Gasteiger partial charge >= 0.3 is 0 Å². The van der Waals surface area contributed by atoms with Gasteiger partial charge in [-0.05, 0) is 41.8 Å². The molecule has 4 aromatic rings. The van der Waals surface area contributed by atoms with Crippen molar-refractivity contribution in [1.82, 2.24) is 9.38 Å². The summed E-state index contributed by atoms with van der Waals surface area (Å²) < 4.78 is 2.13. The van der Waals surface area contributed by atoms with Gasteiger partial charge in [0, 0.05) is 22.8 Å². The van der Waals surface area contributed by atoms with Crippen LogP contribution < -0.4 is 0 Å². The van der Waals surface area contributed by atoms with Crippen molar-refractivity contribution in [2.45, 2.75) is 20.3 Å². The molecular formula is C26H22N2. The lowest BCUT2D eigenvalue weighted by molar-refractivity contribution is 1.15. The van der Waals surface area contributed by atoms with Crippen molar-refractivity contribution in [3.8, 4) is 11.8 Å². The summed E-state index contributed by atoms with van der Waals surface area (Å²) >= 11 is 0. The summed E-state index contributed by atoms with van der Waals surface area (Å²) in [6, 6.07) is 12.8. The van der Waals surface area contributed by atoms with E-state index in [0.717, 1.165) is 40.1 Å². The number of aromatic nitrogens is 2. The highest BCUT2D eigenvalue weighted by Gasteiger charge is 2.18. The second-order valence-electron chi connectivity index (χ2n) is 6.58. The van der Waals surface area contributed by atoms with E-state index in [9.17, 15) is 0 Å². The molecule has 0 N–H and O–H groups in total. The Balaban J connectivity index is 2.34. The van der Waals surface area contributed by atoms with E-state index in [0.29, 0.717) is 0 Å². The van der Waals surface area contributed by atoms with Crippen LogP contribution in [0.15, 0.2) is 55.6 Å². The van der Waals surface area contributed by atoms with Crippen LogP contribution in [0, 0.1) is 11.8 Å². The van der Waals surface area contributed by atoms with E-state index in [1.54, 1.807) is 0 Å². The van der Waals surface area contributed by atoms with E-state index in [2.05, 4.69) is 77.9 Å². The molecule has 0 aliphatic carbocycles. The lowest BCUT2D eigenvalue weighted by Crippen LogP contribution is -2.00. The molecule has 2 heteroatoms. The first kappa shape index (κ1) is 17.8. The fraction of sp³-hybridized carbons (Fsp3) is 0.115. The van der Waals surface area contributed by atoms with Crippen LogP contribution >= 0.6 is 0 Å². The molecule has 2 aromatic carbocycles. The van der Waals surface area contributed by atoms with Crippen LogP contribution in [0.4, 0.5) is 0 Å². The monoisotopic (exact) mass is 362 g/mol. The number of nitrogens with zero attached hydrogens (tertiary/aromatic N) is 2. The molecule has 4 rings (SSSR count). The number of benzene rings is 2. The highest BCUT2D eigenvalue weighted by atomic mass is 15.0. The molecule has 2 heterocycles. The SMILES string of the molecule is C=Cc1c(C#CCC)nc2c3ccc4ccccc4c3c(/C=C\C)c(C=C)n12. The van der Waals surface area contributed by atoms with Crippen LogP contribution in [0.1, 0.15) is 42.9 Å². The van der Waals surface area contributed by atoms with E-state index in [1.807, 2.05) is 26.0 Å². The Hall–Kier alpha value is -3.57. The van der Waals surface area contributed by atoms with Crippen molar-refractivity contribution < 1.29 is 0 Å². The van der Waals surface area contributed by atoms with Gasteiger partial charge in [0.1, 0.15) is 11.3 Å². The molecule has 0 saturated heterocycles. The quantitative estimate of drug-likeness (QED) is 0.292. The van der Waals surface area contributed by atoms with Crippen molar-refractivity contribution in [2.24, 2.45) is 0 Å². The number of rotatable bonds is 3. The summed E-state index contributed by atoms with van der Waals surface area (Å²) in [6.45, 7) is 12.2. The van der Waals surface area contributed by atoms with Crippen molar-refractivity contribution >= 4 is 45.4 Å². The zero-order valence-electron chi connectivity index (χ0n) is 16.3. The Labute approximate surface area is 165 Å². The number of hydrogen-bond acceptors (Lipinski definition) is 1. The molecule has 2 aromatic heterocycles. The van der Waals surface area contributed by atoms with Gasteiger partial charge in [0.05, 0.1) is 11.4 Å². The van der Waals surface area contributed by atoms with Gasteiger partial charge in [0.2, 0.25) is 0 Å². The molecule has 0 spiro atoms. The standard InChI is InChI=1S/C26H22N2/c1-5-9-15-22-24(8-4)28-23(7-3)20(12-6-2)25-19-14-11-10-13-18(19)16-17-21(25)26(28)27-22/h6-8,10-14,16-17H,3-5H2,1-2H3/b12-6-. The minimum atomic E-state index is 0.757. The maximum Gasteiger partial charge on any atom is 0.147 e. The number of pyridine rings is 1. The molecule has 0 radical (unpaired) electrons. The fourth-order valence-corrected chi connectivity index (χ4v) is 3.84. The van der Waals surface area contributed by atoms with E-state index >= 15 is 0 Å². The van der Waals surface area contributed by atoms with Crippen LogP contribution in [-0.4, -0.2) is 9.38 Å². The van der Waals surface area contributed by atoms with Gasteiger partial charge in [0.25, 0.3) is 0 Å². The molecule has 0 atom stereocenters. The van der Waals surface area contributed by atoms with Crippen molar-refractivity contribution in [3.05, 3.63) is 78.3 Å². The van der Waals surface area contributed by atoms with Gasteiger partial charge in [-0.2, -0.15) is 0 Å². The summed E-state index contributed by atoms with van der Waals surface area (Å²) in [5, 5.41) is 4.71. The lowest BCUT2D eigenvalue weighted by atomic mass is 9.96. The minimum Gasteiger partial charge on any atom is -0.291 e. The molecule has 0 saturated carbocycles. The molecule has 0 amide bonds. The minimum absolute atomic E-state index is 0.757. The first-order valence-electron chi connectivity index (χ1n) is 9.51. The third kappa shape index (κ3) is 2.56. The predicted octanol–water partition coefficient (Wildman–Crippen LogP) is 6.72. The topological polar surface area (TPSA) is 17.3 Å². The smallest absolute Gasteiger partial charge is 0.147 e. The number of hydrogen-bond donors (Lipinski definition) is 0. The summed E-state index contributed by atoms with van der Waals surface area (Å²) in [6.07, 6.45) is 8.73. The summed E-state index contributed by atoms with van der Waals surface area (Å²) in [4.78, 5) is 4.91. The zero-order chi connectivity index (χ0) is 19.7. The second kappa shape index (κ2) is 7.21. The first-order valence-corrected chi connectivity index (χ1v) is 9.51. The largest absolute Gasteiger partial charge is 0.291 e. The third-order valence-electron chi connectivity index (χ3n) is 4.97. The third-order valence-corrected chi connectivity index (χ3v) is 4.97. The molecule has 136 valence electrons. The first-order chi connectivity index (χ1) is 13.7. The van der Waals surface area contributed by atoms with Gasteiger partial charge in [0.15, 0.2) is 0 Å². The van der Waals surface area contributed by atoms with E-state index in [-0.39, 0.29) is 0 Å². The molecule has 0 aliphatic rings. The van der Waals surface area contributed by atoms with Gasteiger partial charge in [-0.15, -0.1) is 0 Å². The van der Waals surface area contributed by atoms with Crippen molar-refractivity contribution in [2.75, 3.05) is 0 Å². The number of fused-ring (bicyclic) bond motifs is 5. The predicted molar refractivity (Wildman–Crippen MR) is 122 cm³/mol. The highest BCUT2D eigenvalue weighted by Crippen LogP contribution is 2.35. The van der Waals surface area contributed by atoms with Gasteiger partial charge in [-0.25, -0.2) is 4.98 Å². The Morgan fingerprint density at radius 1 is 1.04 bits per heavy atom. The average Bonchev–Trinajstić information content (AvgIpc) is 3.10. The van der Waals surface area contributed by atoms with E-state index in [4.69, 9.17) is 4.98 Å². The molecule has 2 nitrogen and oxygen atoms in total. The van der Waals surface area contributed by atoms with Gasteiger partial charge in [-0.1, -0.05) is 68.5 Å². The summed E-state index contributed by atoms with van der Waals surface area (Å²) in [7, 11) is 0. The van der Waals surface area contributed by atoms with Crippen molar-refractivity contribution in [1.29, 1.82) is 0 Å². The normalized spacial score (nSPS) is 11.2. The Morgan fingerprint density at radius 3 is 2.54 bits per heavy atom. The Bertz CT molecular complexity index is 1340. The molecule has 28 heavy (non-hydrogen) atoms. The van der Waals surface area contributed by atoms with Crippen LogP contribution in [0.3, 0.4) is 0 Å². The summed E-state index contributed by atoms with van der Waals surface area (Å²) in [5.41, 5.74) is 4.69. The van der Waals surface area contributed by atoms with Gasteiger partial charge in [-0.3, -0.25) is 4.40 Å². The number of imidazole rings is 1. The zero-order valence-corrected chi connectivity index (χ0v) is 16.3. The fourth-order valence-electron chi connectivity index (χ4n) is 3.84. The van der Waals surface area contributed by atoms with Crippen LogP contribution in [-0.2, 0) is 0 Å². The maximum absolute atomic E-state index is 4.91. The molecular weight excluding hydrogens is 340 g/mol. The maximum atomic E-state index is 4.91. The van der Waals surface area contributed by atoms with Crippen molar-refractivity contribution in [3.63, 3.8) is 0 Å². The lowest BCUT2D eigenvalue weighted by Gasteiger charge is -2.14. The van der Waals surface area contributed by atoms with Crippen LogP contribution in [0.2, 0.25) is 0 Å². The van der Waals surface area contributed by atoms with E-state index in [1.165, 1.54) is 16.2 Å². The highest BCUT2D eigenvalue weighted by molar-refractivity contribution is 6.16. The van der Waals surface area contributed by atoms with Gasteiger partial charge < -0.3 is 0 Å². The van der Waals surface area contributed by atoms with Crippen LogP contribution in [0.25, 0.3) is 45.4 Å². The van der Waals surface area contributed by atoms with E-state index < -0.39 is 0 Å². The molecule has 0 fully saturated rings. The molecule has 0 unspecified atom stereocenters. The Kier molecular flexibility index (Phi) is 4.59. The molecule has 0 aliphatic heterocycles. The Morgan fingerprint density at radius 2 is 1.82 bits per heavy atom. The van der Waals surface area contributed by atoms with Crippen LogP contribution in [0.5, 0.6) is 0 Å². The summed E-state index contributed by atoms with van der Waals surface area (Å²) in [5.74, 6) is 6.34. The number of allylic oxidation sites excluding steroid dienone is 1. The average molecular weight is 362 g/mol. The second-order valence-corrected chi connectivity index (χ2v) is 6.58. The molecule has 0 bridgehead atoms.